The number of carbonyl (C=O) groups is 1. The molecule has 0 radical (unpaired) electrons. The van der Waals surface area contributed by atoms with Crippen molar-refractivity contribution in [3.8, 4) is 0 Å². The molecule has 0 saturated carbocycles. The first-order valence-corrected chi connectivity index (χ1v) is 11.3. The van der Waals surface area contributed by atoms with Gasteiger partial charge in [-0.25, -0.2) is 8.42 Å². The fourth-order valence-electron chi connectivity index (χ4n) is 3.01. The molecular formula is C20H29N3O6S. The Bertz CT molecular complexity index is 1010. The number of amides is 1. The predicted octanol–water partition coefficient (Wildman–Crippen LogP) is 1.34. The van der Waals surface area contributed by atoms with Crippen molar-refractivity contribution in [3.05, 3.63) is 40.2 Å². The molecule has 2 rings (SSSR count). The lowest BCUT2D eigenvalue weighted by Gasteiger charge is -2.19. The van der Waals surface area contributed by atoms with Gasteiger partial charge in [0.15, 0.2) is 0 Å². The maximum Gasteiger partial charge on any atom is 0.252 e. The summed E-state index contributed by atoms with van der Waals surface area (Å²) >= 11 is 0. The van der Waals surface area contributed by atoms with Crippen molar-refractivity contribution in [2.75, 3.05) is 46.6 Å². The summed E-state index contributed by atoms with van der Waals surface area (Å²) in [5, 5.41) is 3.12. The van der Waals surface area contributed by atoms with Crippen LogP contribution in [0.4, 0.5) is 0 Å². The van der Waals surface area contributed by atoms with Crippen LogP contribution in [0, 0.1) is 0 Å². The van der Waals surface area contributed by atoms with Gasteiger partial charge in [-0.1, -0.05) is 13.8 Å². The van der Waals surface area contributed by atoms with Gasteiger partial charge in [0.05, 0.1) is 23.7 Å². The Morgan fingerprint density at radius 2 is 1.87 bits per heavy atom. The molecule has 166 valence electrons. The second-order valence-electron chi connectivity index (χ2n) is 6.56. The van der Waals surface area contributed by atoms with E-state index in [1.54, 1.807) is 21.0 Å². The smallest absolute Gasteiger partial charge is 0.252 e. The van der Waals surface area contributed by atoms with Gasteiger partial charge in [-0.05, 0) is 24.6 Å². The molecule has 1 amide bonds. The van der Waals surface area contributed by atoms with Crippen LogP contribution in [0.1, 0.15) is 30.6 Å². The number of ether oxygens (including phenoxy) is 2. The van der Waals surface area contributed by atoms with Crippen molar-refractivity contribution in [3.63, 3.8) is 0 Å². The van der Waals surface area contributed by atoms with Gasteiger partial charge in [0.25, 0.3) is 5.91 Å². The molecule has 1 aromatic carbocycles. The van der Waals surface area contributed by atoms with Crippen LogP contribution in [0.15, 0.2) is 34.0 Å². The van der Waals surface area contributed by atoms with E-state index >= 15 is 0 Å². The minimum atomic E-state index is -3.69. The molecule has 1 aromatic heterocycles. The monoisotopic (exact) mass is 439 g/mol. The molecule has 0 fully saturated rings. The second-order valence-corrected chi connectivity index (χ2v) is 8.50. The van der Waals surface area contributed by atoms with Crippen LogP contribution >= 0.6 is 0 Å². The Balaban J connectivity index is 2.25. The van der Waals surface area contributed by atoms with Crippen molar-refractivity contribution in [2.45, 2.75) is 25.2 Å². The number of benzene rings is 1. The standard InChI is InChI=1S/C20H29N3O6S/c1-4-23(5-2)30(26,27)15-7-8-18-16(13-15)17(14-19(24)22-18)20(25)21-9-6-10-29-12-11-28-3/h7-8,13-14H,4-6,9-12H2,1-3H3,(H,21,25)(H,22,24). The van der Waals surface area contributed by atoms with Crippen LogP contribution in [0.25, 0.3) is 10.9 Å². The van der Waals surface area contributed by atoms with Gasteiger partial charge in [0.2, 0.25) is 15.6 Å². The van der Waals surface area contributed by atoms with E-state index in [4.69, 9.17) is 9.47 Å². The average Bonchev–Trinajstić information content (AvgIpc) is 2.72. The number of aromatic amines is 1. The zero-order valence-corrected chi connectivity index (χ0v) is 18.4. The van der Waals surface area contributed by atoms with Gasteiger partial charge in [-0.2, -0.15) is 4.31 Å². The third-order valence-corrected chi connectivity index (χ3v) is 6.63. The molecule has 0 spiro atoms. The topological polar surface area (TPSA) is 118 Å². The quantitative estimate of drug-likeness (QED) is 0.482. The Hall–Kier alpha value is -2.27. The molecule has 30 heavy (non-hydrogen) atoms. The summed E-state index contributed by atoms with van der Waals surface area (Å²) < 4.78 is 37.2. The van der Waals surface area contributed by atoms with Crippen molar-refractivity contribution < 1.29 is 22.7 Å². The van der Waals surface area contributed by atoms with Gasteiger partial charge in [-0.15, -0.1) is 0 Å². The number of nitrogens with zero attached hydrogens (tertiary/aromatic N) is 1. The van der Waals surface area contributed by atoms with Gasteiger partial charge < -0.3 is 19.8 Å². The van der Waals surface area contributed by atoms with Crippen molar-refractivity contribution in [1.29, 1.82) is 0 Å². The van der Waals surface area contributed by atoms with Gasteiger partial charge in [-0.3, -0.25) is 9.59 Å². The maximum absolute atomic E-state index is 12.8. The lowest BCUT2D eigenvalue weighted by molar-refractivity contribution is 0.0688. The van der Waals surface area contributed by atoms with E-state index in [0.717, 1.165) is 0 Å². The zero-order valence-electron chi connectivity index (χ0n) is 17.6. The average molecular weight is 440 g/mol. The SMILES string of the molecule is CCN(CC)S(=O)(=O)c1ccc2[nH]c(=O)cc(C(=O)NCCCOCCOC)c2c1. The third-order valence-electron chi connectivity index (χ3n) is 4.59. The van der Waals surface area contributed by atoms with Crippen LogP contribution in [0.3, 0.4) is 0 Å². The molecule has 0 aliphatic rings. The Kier molecular flexibility index (Phi) is 8.97. The minimum absolute atomic E-state index is 0.0753. The largest absolute Gasteiger partial charge is 0.382 e. The fraction of sp³-hybridized carbons (Fsp3) is 0.500. The summed E-state index contributed by atoms with van der Waals surface area (Å²) in [7, 11) is -2.10. The number of H-pyrrole nitrogens is 1. The molecule has 0 atom stereocenters. The molecule has 1 heterocycles. The predicted molar refractivity (Wildman–Crippen MR) is 114 cm³/mol. The molecule has 0 aliphatic carbocycles. The summed E-state index contributed by atoms with van der Waals surface area (Å²) in [6.45, 7) is 6.00. The summed E-state index contributed by atoms with van der Waals surface area (Å²) in [5.41, 5.74) is 0.0922. The number of hydrogen-bond acceptors (Lipinski definition) is 6. The normalized spacial score (nSPS) is 11.9. The van der Waals surface area contributed by atoms with E-state index in [9.17, 15) is 18.0 Å². The first-order chi connectivity index (χ1) is 14.3. The van der Waals surface area contributed by atoms with Crippen LogP contribution < -0.4 is 10.9 Å². The van der Waals surface area contributed by atoms with Crippen molar-refractivity contribution in [2.24, 2.45) is 0 Å². The fourth-order valence-corrected chi connectivity index (χ4v) is 4.49. The molecule has 0 unspecified atom stereocenters. The molecule has 0 bridgehead atoms. The summed E-state index contributed by atoms with van der Waals surface area (Å²) in [5.74, 6) is -0.444. The molecule has 0 aliphatic heterocycles. The van der Waals surface area contributed by atoms with Gasteiger partial charge >= 0.3 is 0 Å². The Morgan fingerprint density at radius 1 is 1.13 bits per heavy atom. The van der Waals surface area contributed by atoms with Crippen LogP contribution in [0.2, 0.25) is 0 Å². The summed E-state index contributed by atoms with van der Waals surface area (Å²) in [4.78, 5) is 27.4. The number of carbonyl (C=O) groups excluding carboxylic acids is 1. The third kappa shape index (κ3) is 5.88. The summed E-state index contributed by atoms with van der Waals surface area (Å²) in [6, 6.07) is 5.56. The number of nitrogens with one attached hydrogen (secondary N) is 2. The number of rotatable bonds is 12. The molecule has 0 saturated heterocycles. The van der Waals surface area contributed by atoms with E-state index in [1.165, 1.54) is 28.6 Å². The van der Waals surface area contributed by atoms with Crippen LogP contribution in [-0.4, -0.2) is 70.2 Å². The molecule has 2 aromatic rings. The minimum Gasteiger partial charge on any atom is -0.382 e. The lowest BCUT2D eigenvalue weighted by atomic mass is 10.1. The van der Waals surface area contributed by atoms with E-state index in [1.807, 2.05) is 0 Å². The number of aromatic nitrogens is 1. The number of sulfonamides is 1. The highest BCUT2D eigenvalue weighted by atomic mass is 32.2. The van der Waals surface area contributed by atoms with E-state index in [0.29, 0.717) is 56.8 Å². The van der Waals surface area contributed by atoms with Crippen molar-refractivity contribution >= 4 is 26.8 Å². The van der Waals surface area contributed by atoms with Gasteiger partial charge in [0, 0.05) is 50.3 Å². The number of hydrogen-bond donors (Lipinski definition) is 2. The van der Waals surface area contributed by atoms with Crippen LogP contribution in [-0.2, 0) is 19.5 Å². The molecule has 9 nitrogen and oxygen atoms in total. The van der Waals surface area contributed by atoms with E-state index in [2.05, 4.69) is 10.3 Å². The molecule has 2 N–H and O–H groups in total. The number of methoxy groups -OCH3 is 1. The second kappa shape index (κ2) is 11.2. The van der Waals surface area contributed by atoms with E-state index < -0.39 is 21.5 Å². The molecule has 10 heteroatoms. The zero-order chi connectivity index (χ0) is 22.1. The number of fused-ring (bicyclic) bond motifs is 1. The highest BCUT2D eigenvalue weighted by Gasteiger charge is 2.23. The first-order valence-electron chi connectivity index (χ1n) is 9.87. The van der Waals surface area contributed by atoms with E-state index in [-0.39, 0.29) is 10.5 Å². The molecular weight excluding hydrogens is 410 g/mol. The highest BCUT2D eigenvalue weighted by molar-refractivity contribution is 7.89. The number of pyridine rings is 1. The van der Waals surface area contributed by atoms with Gasteiger partial charge in [0.1, 0.15) is 0 Å². The summed E-state index contributed by atoms with van der Waals surface area (Å²) in [6.07, 6.45) is 0.595. The maximum atomic E-state index is 12.8. The Labute approximate surface area is 176 Å². The lowest BCUT2D eigenvalue weighted by Crippen LogP contribution is -2.30. The highest BCUT2D eigenvalue weighted by Crippen LogP contribution is 2.22. The van der Waals surface area contributed by atoms with Crippen LogP contribution in [0.5, 0.6) is 0 Å². The Morgan fingerprint density at radius 3 is 2.53 bits per heavy atom. The first kappa shape index (κ1) is 24.0. The van der Waals surface area contributed by atoms with Crippen molar-refractivity contribution in [1.82, 2.24) is 14.6 Å².